The molecular formula is C15H17FN2O. The van der Waals surface area contributed by atoms with Crippen molar-refractivity contribution in [2.75, 3.05) is 7.05 Å². The third-order valence-corrected chi connectivity index (χ3v) is 2.78. The topological polar surface area (TPSA) is 34.1 Å². The van der Waals surface area contributed by atoms with Crippen LogP contribution in [-0.4, -0.2) is 12.0 Å². The lowest BCUT2D eigenvalue weighted by atomic mass is 10.2. The Bertz CT molecular complexity index is 540. The van der Waals surface area contributed by atoms with Gasteiger partial charge in [0.1, 0.15) is 18.2 Å². The van der Waals surface area contributed by atoms with Crippen molar-refractivity contribution in [3.8, 4) is 5.75 Å². The summed E-state index contributed by atoms with van der Waals surface area (Å²) in [5.74, 6) is 0.432. The normalized spacial score (nSPS) is 10.5. The third-order valence-electron chi connectivity index (χ3n) is 2.78. The van der Waals surface area contributed by atoms with Crippen LogP contribution >= 0.6 is 0 Å². The van der Waals surface area contributed by atoms with Gasteiger partial charge in [-0.25, -0.2) is 4.39 Å². The van der Waals surface area contributed by atoms with Crippen LogP contribution in [0.3, 0.4) is 0 Å². The van der Waals surface area contributed by atoms with E-state index in [-0.39, 0.29) is 5.82 Å². The Balaban J connectivity index is 1.96. The van der Waals surface area contributed by atoms with Gasteiger partial charge in [-0.2, -0.15) is 0 Å². The zero-order valence-corrected chi connectivity index (χ0v) is 11.1. The van der Waals surface area contributed by atoms with E-state index in [9.17, 15) is 4.39 Å². The molecule has 1 N–H and O–H groups in total. The summed E-state index contributed by atoms with van der Waals surface area (Å²) >= 11 is 0. The molecule has 1 heterocycles. The van der Waals surface area contributed by atoms with Crippen LogP contribution in [0.25, 0.3) is 0 Å². The highest BCUT2D eigenvalue weighted by Crippen LogP contribution is 2.17. The first kappa shape index (κ1) is 13.5. The van der Waals surface area contributed by atoms with Gasteiger partial charge in [0.25, 0.3) is 0 Å². The van der Waals surface area contributed by atoms with E-state index in [1.54, 1.807) is 19.1 Å². The first-order chi connectivity index (χ1) is 9.19. The number of halogens is 1. The van der Waals surface area contributed by atoms with E-state index in [4.69, 9.17) is 4.74 Å². The molecule has 1 aromatic carbocycles. The molecule has 0 atom stereocenters. The Kier molecular flexibility index (Phi) is 4.47. The Hall–Kier alpha value is -1.94. The SMILES string of the molecule is CNCc1ccc(COc2ccc(F)c(C)c2)nc1. The second-order valence-electron chi connectivity index (χ2n) is 4.39. The Morgan fingerprint density at radius 1 is 1.26 bits per heavy atom. The number of nitrogens with zero attached hydrogens (tertiary/aromatic N) is 1. The molecule has 19 heavy (non-hydrogen) atoms. The van der Waals surface area contributed by atoms with Crippen LogP contribution in [0.1, 0.15) is 16.8 Å². The Morgan fingerprint density at radius 3 is 2.74 bits per heavy atom. The van der Waals surface area contributed by atoms with E-state index >= 15 is 0 Å². The second kappa shape index (κ2) is 6.29. The number of benzene rings is 1. The fourth-order valence-corrected chi connectivity index (χ4v) is 1.71. The number of hydrogen-bond acceptors (Lipinski definition) is 3. The van der Waals surface area contributed by atoms with E-state index < -0.39 is 0 Å². The van der Waals surface area contributed by atoms with E-state index in [1.165, 1.54) is 6.07 Å². The summed E-state index contributed by atoms with van der Waals surface area (Å²) in [5.41, 5.74) is 2.56. The van der Waals surface area contributed by atoms with E-state index in [2.05, 4.69) is 10.3 Å². The summed E-state index contributed by atoms with van der Waals surface area (Å²) in [4.78, 5) is 4.31. The fourth-order valence-electron chi connectivity index (χ4n) is 1.71. The first-order valence-corrected chi connectivity index (χ1v) is 6.16. The summed E-state index contributed by atoms with van der Waals surface area (Å²) in [7, 11) is 1.90. The van der Waals surface area contributed by atoms with Crippen molar-refractivity contribution in [1.29, 1.82) is 0 Å². The van der Waals surface area contributed by atoms with Crippen molar-refractivity contribution in [2.24, 2.45) is 0 Å². The lowest BCUT2D eigenvalue weighted by Gasteiger charge is -2.07. The van der Waals surface area contributed by atoms with Crippen LogP contribution in [0.2, 0.25) is 0 Å². The van der Waals surface area contributed by atoms with Gasteiger partial charge in [-0.15, -0.1) is 0 Å². The van der Waals surface area contributed by atoms with Gasteiger partial charge in [0.2, 0.25) is 0 Å². The molecule has 100 valence electrons. The van der Waals surface area contributed by atoms with Gasteiger partial charge in [-0.05, 0) is 49.4 Å². The monoisotopic (exact) mass is 260 g/mol. The molecule has 0 bridgehead atoms. The van der Waals surface area contributed by atoms with Crippen molar-refractivity contribution in [3.63, 3.8) is 0 Å². The summed E-state index contributed by atoms with van der Waals surface area (Å²) in [5, 5.41) is 3.07. The summed E-state index contributed by atoms with van der Waals surface area (Å²) in [6.07, 6.45) is 1.82. The zero-order valence-electron chi connectivity index (χ0n) is 11.1. The number of ether oxygens (including phenoxy) is 1. The molecule has 3 nitrogen and oxygen atoms in total. The van der Waals surface area contributed by atoms with Crippen LogP contribution in [0.15, 0.2) is 36.5 Å². The van der Waals surface area contributed by atoms with Crippen LogP contribution in [0.4, 0.5) is 4.39 Å². The highest BCUT2D eigenvalue weighted by molar-refractivity contribution is 5.29. The van der Waals surface area contributed by atoms with E-state index in [0.717, 1.165) is 17.8 Å². The molecule has 0 radical (unpaired) electrons. The molecule has 0 saturated heterocycles. The molecule has 0 aliphatic heterocycles. The van der Waals surface area contributed by atoms with Crippen molar-refractivity contribution >= 4 is 0 Å². The molecule has 0 spiro atoms. The van der Waals surface area contributed by atoms with Gasteiger partial charge in [0, 0.05) is 12.7 Å². The summed E-state index contributed by atoms with van der Waals surface area (Å²) in [6.45, 7) is 2.89. The number of aryl methyl sites for hydroxylation is 1. The predicted molar refractivity (Wildman–Crippen MR) is 72.5 cm³/mol. The molecule has 0 amide bonds. The van der Waals surface area contributed by atoms with E-state index in [0.29, 0.717) is 17.9 Å². The minimum absolute atomic E-state index is 0.220. The van der Waals surface area contributed by atoms with Crippen LogP contribution < -0.4 is 10.1 Å². The number of nitrogens with one attached hydrogen (secondary N) is 1. The molecule has 2 rings (SSSR count). The van der Waals surface area contributed by atoms with Gasteiger partial charge >= 0.3 is 0 Å². The quantitative estimate of drug-likeness (QED) is 0.897. The van der Waals surface area contributed by atoms with Gasteiger partial charge in [-0.1, -0.05) is 6.07 Å². The first-order valence-electron chi connectivity index (χ1n) is 6.16. The molecule has 0 saturated carbocycles. The largest absolute Gasteiger partial charge is 0.487 e. The number of pyridine rings is 1. The predicted octanol–water partition coefficient (Wildman–Crippen LogP) is 2.83. The third kappa shape index (κ3) is 3.76. The van der Waals surface area contributed by atoms with Crippen LogP contribution in [-0.2, 0) is 13.2 Å². The molecule has 2 aromatic rings. The average Bonchev–Trinajstić information content (AvgIpc) is 2.42. The fraction of sp³-hybridized carbons (Fsp3) is 0.267. The van der Waals surface area contributed by atoms with Crippen LogP contribution in [0, 0.1) is 12.7 Å². The lowest BCUT2D eigenvalue weighted by molar-refractivity contribution is 0.300. The Labute approximate surface area is 112 Å². The van der Waals surface area contributed by atoms with Gasteiger partial charge in [-0.3, -0.25) is 4.98 Å². The van der Waals surface area contributed by atoms with E-state index in [1.807, 2.05) is 25.4 Å². The second-order valence-corrected chi connectivity index (χ2v) is 4.39. The molecule has 1 aromatic heterocycles. The van der Waals surface area contributed by atoms with Gasteiger partial charge in [0.05, 0.1) is 5.69 Å². The minimum atomic E-state index is -0.220. The summed E-state index contributed by atoms with van der Waals surface area (Å²) in [6, 6.07) is 8.66. The smallest absolute Gasteiger partial charge is 0.130 e. The van der Waals surface area contributed by atoms with Crippen molar-refractivity contribution in [1.82, 2.24) is 10.3 Å². The minimum Gasteiger partial charge on any atom is -0.487 e. The van der Waals surface area contributed by atoms with Crippen LogP contribution in [0.5, 0.6) is 5.75 Å². The molecule has 0 fully saturated rings. The standard InChI is InChI=1S/C15H17FN2O/c1-11-7-14(5-6-15(11)16)19-10-13-4-3-12(8-17-2)9-18-13/h3-7,9,17H,8,10H2,1-2H3. The maximum absolute atomic E-state index is 13.1. The number of rotatable bonds is 5. The molecule has 0 aliphatic carbocycles. The Morgan fingerprint density at radius 2 is 2.11 bits per heavy atom. The molecular weight excluding hydrogens is 243 g/mol. The average molecular weight is 260 g/mol. The molecule has 0 aliphatic rings. The van der Waals surface area contributed by atoms with Gasteiger partial charge in [0.15, 0.2) is 0 Å². The highest BCUT2D eigenvalue weighted by atomic mass is 19.1. The molecule has 0 unspecified atom stereocenters. The summed E-state index contributed by atoms with van der Waals surface area (Å²) < 4.78 is 18.7. The van der Waals surface area contributed by atoms with Crippen molar-refractivity contribution in [2.45, 2.75) is 20.1 Å². The highest BCUT2D eigenvalue weighted by Gasteiger charge is 2.01. The molecule has 4 heteroatoms. The number of hydrogen-bond donors (Lipinski definition) is 1. The van der Waals surface area contributed by atoms with Crippen molar-refractivity contribution in [3.05, 3.63) is 59.2 Å². The maximum atomic E-state index is 13.1. The number of aromatic nitrogens is 1. The van der Waals surface area contributed by atoms with Gasteiger partial charge < -0.3 is 10.1 Å². The van der Waals surface area contributed by atoms with Crippen molar-refractivity contribution < 1.29 is 9.13 Å². The lowest BCUT2D eigenvalue weighted by Crippen LogP contribution is -2.06. The zero-order chi connectivity index (χ0) is 13.7. The maximum Gasteiger partial charge on any atom is 0.130 e.